The molecule has 0 amide bonds. The molecule has 1 aliphatic rings. The molecular weight excluding hydrogens is 410 g/mol. The number of anilines is 2. The van der Waals surface area contributed by atoms with Gasteiger partial charge in [-0.15, -0.1) is 0 Å². The monoisotopic (exact) mass is 439 g/mol. The van der Waals surface area contributed by atoms with Gasteiger partial charge in [0.2, 0.25) is 0 Å². The highest BCUT2D eigenvalue weighted by Crippen LogP contribution is 2.34. The van der Waals surface area contributed by atoms with Crippen LogP contribution in [-0.2, 0) is 6.42 Å². The van der Waals surface area contributed by atoms with Crippen molar-refractivity contribution in [1.29, 1.82) is 0 Å². The van der Waals surface area contributed by atoms with Crippen LogP contribution in [0.4, 0.5) is 11.5 Å². The average Bonchev–Trinajstić information content (AvgIpc) is 3.27. The van der Waals surface area contributed by atoms with Crippen LogP contribution in [0.15, 0.2) is 54.9 Å². The van der Waals surface area contributed by atoms with Crippen LogP contribution in [0.1, 0.15) is 54.7 Å². The Labute approximate surface area is 193 Å². The summed E-state index contributed by atoms with van der Waals surface area (Å²) in [6, 6.07) is 12.4. The molecule has 0 fully saturated rings. The molecule has 0 saturated heterocycles. The minimum atomic E-state index is -0.00984. The van der Waals surface area contributed by atoms with Gasteiger partial charge in [-0.1, -0.05) is 30.3 Å². The zero-order valence-corrected chi connectivity index (χ0v) is 19.1. The van der Waals surface area contributed by atoms with Crippen LogP contribution in [0.2, 0.25) is 0 Å². The second-order valence-electron chi connectivity index (χ2n) is 8.54. The Morgan fingerprint density at radius 2 is 2.09 bits per heavy atom. The Morgan fingerprint density at radius 1 is 1.21 bits per heavy atom. The zero-order chi connectivity index (χ0) is 22.8. The molecule has 3 aromatic heterocycles. The van der Waals surface area contributed by atoms with E-state index in [-0.39, 0.29) is 6.04 Å². The van der Waals surface area contributed by atoms with E-state index >= 15 is 0 Å². The number of fused-ring (bicyclic) bond motifs is 2. The lowest BCUT2D eigenvalue weighted by molar-refractivity contribution is 0.661. The van der Waals surface area contributed by atoms with Crippen LogP contribution in [-0.4, -0.2) is 31.7 Å². The van der Waals surface area contributed by atoms with Gasteiger partial charge >= 0.3 is 0 Å². The first-order chi connectivity index (χ1) is 16.2. The molecule has 1 aliphatic heterocycles. The van der Waals surface area contributed by atoms with Gasteiger partial charge in [0, 0.05) is 18.8 Å². The van der Waals surface area contributed by atoms with Crippen molar-refractivity contribution in [2.75, 3.05) is 11.4 Å². The second kappa shape index (κ2) is 9.11. The summed E-state index contributed by atoms with van der Waals surface area (Å²) in [4.78, 5) is 16.3. The van der Waals surface area contributed by atoms with Gasteiger partial charge in [0.05, 0.1) is 23.3 Å². The van der Waals surface area contributed by atoms with Gasteiger partial charge in [-0.3, -0.25) is 10.1 Å². The molecule has 3 N–H and O–H groups in total. The number of H-pyrrole nitrogens is 1. The molecule has 0 bridgehead atoms. The molecule has 0 saturated carbocycles. The molecule has 4 aromatic rings. The number of benzene rings is 1. The lowest BCUT2D eigenvalue weighted by Crippen LogP contribution is -2.25. The number of nitrogens with two attached hydrogens (primary N) is 1. The summed E-state index contributed by atoms with van der Waals surface area (Å²) < 4.78 is 0. The summed E-state index contributed by atoms with van der Waals surface area (Å²) in [6.07, 6.45) is 9.50. The molecule has 5 rings (SSSR count). The third-order valence-electron chi connectivity index (χ3n) is 6.45. The standard InChI is InChI=1S/C26H29N7/c1-3-18(12-13-20(27)19-9-5-4-8-17(19)2)22-16-29-24-25(30-22)31-32-26(24)33-15-7-10-21-23(33)11-6-14-28-21/h3-6,8-9,11,14,16,20H,7,10,12-13,15,27H2,1-2H3,(H,30,31,32)/b18-3+/t20-/m0/s1. The number of hydrogen-bond acceptors (Lipinski definition) is 6. The SMILES string of the molecule is C/C=C(\CC[C@H](N)c1ccccc1C)c1cnc2c(N3CCCc4ncccc43)n[nH]c2n1. The van der Waals surface area contributed by atoms with Crippen molar-refractivity contribution in [2.24, 2.45) is 5.73 Å². The number of nitrogens with zero attached hydrogens (tertiary/aromatic N) is 5. The minimum absolute atomic E-state index is 0.00984. The predicted octanol–water partition coefficient (Wildman–Crippen LogP) is 5.02. The maximum atomic E-state index is 6.50. The molecule has 4 heterocycles. The summed E-state index contributed by atoms with van der Waals surface area (Å²) in [6.45, 7) is 5.04. The first kappa shape index (κ1) is 21.3. The van der Waals surface area contributed by atoms with Crippen molar-refractivity contribution in [3.63, 3.8) is 0 Å². The topological polar surface area (TPSA) is 96.6 Å². The molecule has 1 atom stereocenters. The fraction of sp³-hybridized carbons (Fsp3) is 0.308. The summed E-state index contributed by atoms with van der Waals surface area (Å²) in [7, 11) is 0. The highest BCUT2D eigenvalue weighted by Gasteiger charge is 2.24. The normalized spacial score (nSPS) is 15.0. The van der Waals surface area contributed by atoms with Gasteiger partial charge in [0.15, 0.2) is 17.0 Å². The van der Waals surface area contributed by atoms with E-state index in [1.807, 2.05) is 37.5 Å². The smallest absolute Gasteiger partial charge is 0.183 e. The molecule has 33 heavy (non-hydrogen) atoms. The number of aryl methyl sites for hydroxylation is 2. The highest BCUT2D eigenvalue weighted by molar-refractivity contribution is 5.87. The number of hydrogen-bond donors (Lipinski definition) is 2. The van der Waals surface area contributed by atoms with E-state index in [9.17, 15) is 0 Å². The number of nitrogens with one attached hydrogen (secondary N) is 1. The quantitative estimate of drug-likeness (QED) is 0.438. The second-order valence-corrected chi connectivity index (χ2v) is 8.54. The van der Waals surface area contributed by atoms with Gasteiger partial charge in [-0.2, -0.15) is 5.10 Å². The third-order valence-corrected chi connectivity index (χ3v) is 6.45. The molecule has 7 heteroatoms. The van der Waals surface area contributed by atoms with Crippen LogP contribution < -0.4 is 10.6 Å². The predicted molar refractivity (Wildman–Crippen MR) is 132 cm³/mol. The maximum absolute atomic E-state index is 6.50. The van der Waals surface area contributed by atoms with Crippen molar-refractivity contribution in [3.05, 3.63) is 77.4 Å². The molecule has 1 aromatic carbocycles. The van der Waals surface area contributed by atoms with Crippen molar-refractivity contribution < 1.29 is 0 Å². The van der Waals surface area contributed by atoms with Crippen LogP contribution in [0, 0.1) is 6.92 Å². The summed E-state index contributed by atoms with van der Waals surface area (Å²) in [5, 5.41) is 7.67. The van der Waals surface area contributed by atoms with Gasteiger partial charge < -0.3 is 10.6 Å². The molecule has 168 valence electrons. The highest BCUT2D eigenvalue weighted by atomic mass is 15.3. The van der Waals surface area contributed by atoms with E-state index in [0.717, 1.165) is 66.2 Å². The van der Waals surface area contributed by atoms with Crippen molar-refractivity contribution in [3.8, 4) is 0 Å². The van der Waals surface area contributed by atoms with Crippen molar-refractivity contribution >= 4 is 28.2 Å². The molecule has 0 aliphatic carbocycles. The summed E-state index contributed by atoms with van der Waals surface area (Å²) >= 11 is 0. The first-order valence-electron chi connectivity index (χ1n) is 11.5. The van der Waals surface area contributed by atoms with E-state index < -0.39 is 0 Å². The van der Waals surface area contributed by atoms with Crippen LogP contribution >= 0.6 is 0 Å². The first-order valence-corrected chi connectivity index (χ1v) is 11.5. The zero-order valence-electron chi connectivity index (χ0n) is 19.1. The maximum Gasteiger partial charge on any atom is 0.183 e. The number of rotatable bonds is 6. The van der Waals surface area contributed by atoms with Crippen LogP contribution in [0.3, 0.4) is 0 Å². The van der Waals surface area contributed by atoms with Crippen LogP contribution in [0.25, 0.3) is 16.7 Å². The molecule has 7 nitrogen and oxygen atoms in total. The molecule has 0 radical (unpaired) electrons. The number of aromatic nitrogens is 5. The Morgan fingerprint density at radius 3 is 2.94 bits per heavy atom. The van der Waals surface area contributed by atoms with Gasteiger partial charge in [0.25, 0.3) is 0 Å². The lowest BCUT2D eigenvalue weighted by Gasteiger charge is -2.28. The Kier molecular flexibility index (Phi) is 5.88. The number of allylic oxidation sites excluding steroid dienone is 2. The minimum Gasteiger partial charge on any atom is -0.324 e. The van der Waals surface area contributed by atoms with E-state index in [0.29, 0.717) is 5.65 Å². The number of pyridine rings is 1. The van der Waals surface area contributed by atoms with E-state index in [2.05, 4.69) is 51.3 Å². The van der Waals surface area contributed by atoms with Crippen molar-refractivity contribution in [2.45, 2.75) is 45.6 Å². The van der Waals surface area contributed by atoms with Gasteiger partial charge in [0.1, 0.15) is 0 Å². The largest absolute Gasteiger partial charge is 0.324 e. The molecular formula is C26H29N7. The Bertz CT molecular complexity index is 1310. The van der Waals surface area contributed by atoms with E-state index in [1.54, 1.807) is 0 Å². The number of aromatic amines is 1. The summed E-state index contributed by atoms with van der Waals surface area (Å²) in [5.74, 6) is 0.807. The lowest BCUT2D eigenvalue weighted by atomic mass is 9.95. The van der Waals surface area contributed by atoms with Crippen LogP contribution in [0.5, 0.6) is 0 Å². The van der Waals surface area contributed by atoms with Gasteiger partial charge in [-0.05, 0) is 68.4 Å². The molecule has 0 spiro atoms. The van der Waals surface area contributed by atoms with Gasteiger partial charge in [-0.25, -0.2) is 9.97 Å². The fourth-order valence-corrected chi connectivity index (χ4v) is 4.64. The third kappa shape index (κ3) is 4.12. The van der Waals surface area contributed by atoms with E-state index in [1.165, 1.54) is 11.1 Å². The fourth-order valence-electron chi connectivity index (χ4n) is 4.64. The Hall–Kier alpha value is -3.58. The average molecular weight is 440 g/mol. The van der Waals surface area contributed by atoms with E-state index in [4.69, 9.17) is 15.7 Å². The van der Waals surface area contributed by atoms with Crippen molar-refractivity contribution in [1.82, 2.24) is 25.1 Å². The Balaban J connectivity index is 1.37. The summed E-state index contributed by atoms with van der Waals surface area (Å²) in [5.41, 5.74) is 14.6. The molecule has 0 unspecified atom stereocenters.